The summed E-state index contributed by atoms with van der Waals surface area (Å²) in [5, 5.41) is 15.7. The van der Waals surface area contributed by atoms with Crippen molar-refractivity contribution in [3.05, 3.63) is 52.7 Å². The molecule has 8 nitrogen and oxygen atoms in total. The number of hydrogen-bond donors (Lipinski definition) is 2. The molecular formula is C26H28N6O2. The van der Waals surface area contributed by atoms with Gasteiger partial charge in [-0.1, -0.05) is 6.07 Å². The van der Waals surface area contributed by atoms with Crippen molar-refractivity contribution in [3.63, 3.8) is 0 Å². The summed E-state index contributed by atoms with van der Waals surface area (Å²) >= 11 is 0. The molecule has 4 fully saturated rings. The monoisotopic (exact) mass is 456 g/mol. The smallest absolute Gasteiger partial charge is 0.330 e. The maximum atomic E-state index is 13.5. The van der Waals surface area contributed by atoms with Gasteiger partial charge in [0.2, 0.25) is 5.95 Å². The van der Waals surface area contributed by atoms with Crippen LogP contribution in [-0.2, 0) is 12.6 Å². The Hall–Kier alpha value is -3.26. The highest BCUT2D eigenvalue weighted by molar-refractivity contribution is 5.85. The van der Waals surface area contributed by atoms with Gasteiger partial charge in [0, 0.05) is 24.3 Å². The standard InChI is InChI=1S/C26H28N6O2/c1-15-6-20-18(4-3-5-27-20)8-19(15)29-23-28-13-21-22(30-23)32(24(33)31(21)2)25-9-16-7-17(10-25)12-26(34,11-16)14-25/h3-6,8,13,16-17,34H,7,9-12,14H2,1-2H3,(H,28,29,30). The Balaban J connectivity index is 1.35. The summed E-state index contributed by atoms with van der Waals surface area (Å²) in [6, 6.07) is 8.05. The lowest BCUT2D eigenvalue weighted by atomic mass is 9.51. The highest BCUT2D eigenvalue weighted by Gasteiger charge is 2.59. The third-order valence-electron chi connectivity index (χ3n) is 8.47. The van der Waals surface area contributed by atoms with Crippen molar-refractivity contribution in [1.29, 1.82) is 0 Å². The fourth-order valence-electron chi connectivity index (χ4n) is 7.51. The number of aryl methyl sites for hydroxylation is 2. The third-order valence-corrected chi connectivity index (χ3v) is 8.47. The Kier molecular flexibility index (Phi) is 3.94. The molecule has 3 aromatic heterocycles. The van der Waals surface area contributed by atoms with Crippen molar-refractivity contribution >= 4 is 33.7 Å². The molecule has 4 bridgehead atoms. The van der Waals surface area contributed by atoms with E-state index in [9.17, 15) is 9.90 Å². The first kappa shape index (κ1) is 20.1. The van der Waals surface area contributed by atoms with Gasteiger partial charge in [0.05, 0.1) is 22.9 Å². The maximum Gasteiger partial charge on any atom is 0.330 e. The highest BCUT2D eigenvalue weighted by Crippen LogP contribution is 2.60. The lowest BCUT2D eigenvalue weighted by Crippen LogP contribution is -2.61. The van der Waals surface area contributed by atoms with E-state index in [1.165, 1.54) is 6.42 Å². The Morgan fingerprint density at radius 2 is 1.94 bits per heavy atom. The molecule has 1 aromatic carbocycles. The number of aromatic nitrogens is 5. The quantitative estimate of drug-likeness (QED) is 0.487. The van der Waals surface area contributed by atoms with Crippen molar-refractivity contribution < 1.29 is 5.11 Å². The molecule has 2 unspecified atom stereocenters. The van der Waals surface area contributed by atoms with Crippen molar-refractivity contribution in [2.24, 2.45) is 18.9 Å². The zero-order chi connectivity index (χ0) is 23.2. The molecule has 4 aromatic rings. The van der Waals surface area contributed by atoms with E-state index in [4.69, 9.17) is 4.98 Å². The van der Waals surface area contributed by atoms with Crippen LogP contribution in [-0.4, -0.2) is 34.8 Å². The van der Waals surface area contributed by atoms with Gasteiger partial charge in [-0.15, -0.1) is 0 Å². The summed E-state index contributed by atoms with van der Waals surface area (Å²) in [6.45, 7) is 2.03. The number of nitrogens with zero attached hydrogens (tertiary/aromatic N) is 5. The summed E-state index contributed by atoms with van der Waals surface area (Å²) in [4.78, 5) is 27.4. The Morgan fingerprint density at radius 1 is 1.15 bits per heavy atom. The average Bonchev–Trinajstić information content (AvgIpc) is 3.03. The molecule has 0 saturated heterocycles. The van der Waals surface area contributed by atoms with Crippen molar-refractivity contribution in [2.75, 3.05) is 5.32 Å². The summed E-state index contributed by atoms with van der Waals surface area (Å²) in [6.07, 6.45) is 8.93. The lowest BCUT2D eigenvalue weighted by Gasteiger charge is -2.60. The lowest BCUT2D eigenvalue weighted by molar-refractivity contribution is -0.156. The van der Waals surface area contributed by atoms with E-state index in [0.29, 0.717) is 29.9 Å². The molecule has 0 radical (unpaired) electrons. The van der Waals surface area contributed by atoms with Crippen LogP contribution in [0, 0.1) is 18.8 Å². The number of fused-ring (bicyclic) bond motifs is 2. The fourth-order valence-corrected chi connectivity index (χ4v) is 7.51. The number of rotatable bonds is 3. The van der Waals surface area contributed by atoms with Crippen LogP contribution in [0.2, 0.25) is 0 Å². The van der Waals surface area contributed by atoms with E-state index in [0.717, 1.165) is 53.4 Å². The topological polar surface area (TPSA) is 97.9 Å². The van der Waals surface area contributed by atoms with E-state index in [2.05, 4.69) is 21.4 Å². The first-order valence-electron chi connectivity index (χ1n) is 12.1. The van der Waals surface area contributed by atoms with Gasteiger partial charge in [-0.25, -0.2) is 9.78 Å². The second-order valence-electron chi connectivity index (χ2n) is 11.0. The van der Waals surface area contributed by atoms with Gasteiger partial charge in [0.1, 0.15) is 5.52 Å². The van der Waals surface area contributed by atoms with Gasteiger partial charge >= 0.3 is 5.69 Å². The normalized spacial score (nSPS) is 29.9. The summed E-state index contributed by atoms with van der Waals surface area (Å²) in [5.41, 5.74) is 3.17. The van der Waals surface area contributed by atoms with Gasteiger partial charge in [-0.3, -0.25) is 14.1 Å². The van der Waals surface area contributed by atoms with Crippen LogP contribution in [0.15, 0.2) is 41.5 Å². The number of aliphatic hydroxyl groups is 1. The number of pyridine rings is 1. The van der Waals surface area contributed by atoms with Gasteiger partial charge in [-0.05, 0) is 81.0 Å². The van der Waals surface area contributed by atoms with Crippen molar-refractivity contribution in [1.82, 2.24) is 24.1 Å². The van der Waals surface area contributed by atoms with Gasteiger partial charge in [0.25, 0.3) is 0 Å². The molecule has 3 heterocycles. The Morgan fingerprint density at radius 3 is 2.71 bits per heavy atom. The molecule has 0 spiro atoms. The fraction of sp³-hybridized carbons (Fsp3) is 0.462. The number of nitrogens with one attached hydrogen (secondary N) is 1. The molecule has 4 saturated carbocycles. The minimum atomic E-state index is -0.657. The third kappa shape index (κ3) is 2.81. The maximum absolute atomic E-state index is 13.5. The second-order valence-corrected chi connectivity index (χ2v) is 11.0. The minimum Gasteiger partial charge on any atom is -0.390 e. The molecule has 0 aliphatic heterocycles. The molecule has 8 rings (SSSR count). The molecule has 4 aliphatic rings. The number of imidazole rings is 1. The minimum absolute atomic E-state index is 0.0695. The average molecular weight is 457 g/mol. The first-order chi connectivity index (χ1) is 16.3. The van der Waals surface area contributed by atoms with Crippen LogP contribution >= 0.6 is 0 Å². The SMILES string of the molecule is Cc1cc2ncccc2cc1Nc1ncc2c(n1)n(C13CC4CC(CC(O)(C4)C1)C3)c(=O)n2C. The van der Waals surface area contributed by atoms with Crippen LogP contribution in [0.1, 0.15) is 44.1 Å². The largest absolute Gasteiger partial charge is 0.390 e. The van der Waals surface area contributed by atoms with E-state index >= 15 is 0 Å². The summed E-state index contributed by atoms with van der Waals surface area (Å²) in [7, 11) is 1.79. The zero-order valence-corrected chi connectivity index (χ0v) is 19.5. The summed E-state index contributed by atoms with van der Waals surface area (Å²) < 4.78 is 3.55. The second kappa shape index (κ2) is 6.66. The van der Waals surface area contributed by atoms with Crippen LogP contribution in [0.4, 0.5) is 11.6 Å². The van der Waals surface area contributed by atoms with Gasteiger partial charge < -0.3 is 10.4 Å². The molecule has 0 amide bonds. The van der Waals surface area contributed by atoms with E-state index in [1.54, 1.807) is 24.0 Å². The van der Waals surface area contributed by atoms with Crippen LogP contribution in [0.3, 0.4) is 0 Å². The Labute approximate surface area is 196 Å². The van der Waals surface area contributed by atoms with E-state index in [1.807, 2.05) is 29.7 Å². The molecule has 174 valence electrons. The molecule has 34 heavy (non-hydrogen) atoms. The van der Waals surface area contributed by atoms with E-state index in [-0.39, 0.29) is 11.2 Å². The van der Waals surface area contributed by atoms with Gasteiger partial charge in [-0.2, -0.15) is 4.98 Å². The number of anilines is 2. The number of benzene rings is 1. The summed E-state index contributed by atoms with van der Waals surface area (Å²) in [5.74, 6) is 1.41. The number of hydrogen-bond acceptors (Lipinski definition) is 6. The first-order valence-corrected chi connectivity index (χ1v) is 12.1. The van der Waals surface area contributed by atoms with Crippen LogP contribution in [0.25, 0.3) is 22.1 Å². The molecular weight excluding hydrogens is 428 g/mol. The predicted molar refractivity (Wildman–Crippen MR) is 130 cm³/mol. The predicted octanol–water partition coefficient (Wildman–Crippen LogP) is 3.77. The van der Waals surface area contributed by atoms with Crippen LogP contribution in [0.5, 0.6) is 0 Å². The van der Waals surface area contributed by atoms with Gasteiger partial charge in [0.15, 0.2) is 5.65 Å². The Bertz CT molecular complexity index is 1520. The molecule has 8 heteroatoms. The molecule has 2 atom stereocenters. The highest BCUT2D eigenvalue weighted by atomic mass is 16.3. The van der Waals surface area contributed by atoms with Crippen LogP contribution < -0.4 is 11.0 Å². The molecule has 4 aliphatic carbocycles. The van der Waals surface area contributed by atoms with Crippen molar-refractivity contribution in [2.45, 2.75) is 56.6 Å². The zero-order valence-electron chi connectivity index (χ0n) is 19.5. The van der Waals surface area contributed by atoms with Crippen molar-refractivity contribution in [3.8, 4) is 0 Å². The van der Waals surface area contributed by atoms with E-state index < -0.39 is 5.60 Å². The molecule has 2 N–H and O–H groups in total.